The van der Waals surface area contributed by atoms with Crippen molar-refractivity contribution in [3.63, 3.8) is 0 Å². The van der Waals surface area contributed by atoms with Crippen LogP contribution in [0, 0.1) is 46.3 Å². The molecular formula is C27H48O6S. The van der Waals surface area contributed by atoms with Crippen LogP contribution in [0.1, 0.15) is 105 Å². The van der Waals surface area contributed by atoms with Gasteiger partial charge in [0.2, 0.25) is 0 Å². The molecule has 0 aromatic rings. The number of hydrogen-bond donors (Lipinski definition) is 3. The molecule has 4 aliphatic carbocycles. The van der Waals surface area contributed by atoms with E-state index in [0.717, 1.165) is 24.2 Å². The van der Waals surface area contributed by atoms with Gasteiger partial charge in [-0.1, -0.05) is 53.9 Å². The number of rotatable bonds is 7. The van der Waals surface area contributed by atoms with Crippen LogP contribution in [-0.2, 0) is 14.6 Å². The van der Waals surface area contributed by atoms with Gasteiger partial charge >= 0.3 is 10.4 Å². The van der Waals surface area contributed by atoms with Gasteiger partial charge in [-0.15, -0.1) is 0 Å². The van der Waals surface area contributed by atoms with Crippen molar-refractivity contribution in [2.45, 2.75) is 123 Å². The summed E-state index contributed by atoms with van der Waals surface area (Å²) in [6, 6.07) is 0. The molecule has 0 amide bonds. The lowest BCUT2D eigenvalue weighted by molar-refractivity contribution is -0.263. The van der Waals surface area contributed by atoms with E-state index in [1.165, 1.54) is 38.5 Å². The Morgan fingerprint density at radius 3 is 2.35 bits per heavy atom. The molecule has 0 aromatic heterocycles. The van der Waals surface area contributed by atoms with Crippen LogP contribution in [0.2, 0.25) is 0 Å². The molecule has 0 saturated heterocycles. The van der Waals surface area contributed by atoms with Crippen molar-refractivity contribution in [1.82, 2.24) is 0 Å². The molecule has 4 saturated carbocycles. The molecule has 0 heterocycles. The van der Waals surface area contributed by atoms with Crippen molar-refractivity contribution in [3.8, 4) is 0 Å². The molecule has 4 fully saturated rings. The molecule has 0 aliphatic heterocycles. The van der Waals surface area contributed by atoms with Gasteiger partial charge in [0, 0.05) is 11.8 Å². The minimum atomic E-state index is -4.59. The molecule has 3 N–H and O–H groups in total. The van der Waals surface area contributed by atoms with E-state index in [2.05, 4.69) is 34.6 Å². The van der Waals surface area contributed by atoms with Gasteiger partial charge in [0.1, 0.15) is 0 Å². The fourth-order valence-corrected chi connectivity index (χ4v) is 10.0. The van der Waals surface area contributed by atoms with Crippen LogP contribution in [0.15, 0.2) is 0 Å². The summed E-state index contributed by atoms with van der Waals surface area (Å²) in [5, 5.41) is 23.1. The van der Waals surface area contributed by atoms with Crippen LogP contribution < -0.4 is 0 Å². The Balaban J connectivity index is 1.52. The topological polar surface area (TPSA) is 104 Å². The summed E-state index contributed by atoms with van der Waals surface area (Å²) in [5.41, 5.74) is -1.57. The highest BCUT2D eigenvalue weighted by Crippen LogP contribution is 2.69. The Bertz CT molecular complexity index is 844. The molecule has 10 atom stereocenters. The maximum absolute atomic E-state index is 11.8. The Morgan fingerprint density at radius 2 is 1.71 bits per heavy atom. The summed E-state index contributed by atoms with van der Waals surface area (Å²) < 4.78 is 36.6. The molecule has 198 valence electrons. The van der Waals surface area contributed by atoms with Crippen molar-refractivity contribution < 1.29 is 27.4 Å². The minimum absolute atomic E-state index is 0.0467. The monoisotopic (exact) mass is 500 g/mol. The first kappa shape index (κ1) is 26.8. The van der Waals surface area contributed by atoms with Crippen molar-refractivity contribution in [2.75, 3.05) is 0 Å². The van der Waals surface area contributed by atoms with Crippen LogP contribution in [0.5, 0.6) is 0 Å². The van der Waals surface area contributed by atoms with Crippen molar-refractivity contribution in [2.24, 2.45) is 46.3 Å². The quantitative estimate of drug-likeness (QED) is 0.405. The Kier molecular flexibility index (Phi) is 7.32. The number of fused-ring (bicyclic) bond motifs is 5. The van der Waals surface area contributed by atoms with E-state index in [1.807, 2.05) is 0 Å². The Labute approximate surface area is 207 Å². The number of hydrogen-bond acceptors (Lipinski definition) is 5. The van der Waals surface area contributed by atoms with E-state index < -0.39 is 33.6 Å². The molecule has 0 spiro atoms. The normalized spacial score (nSPS) is 47.7. The largest absolute Gasteiger partial charge is 0.397 e. The average molecular weight is 501 g/mol. The average Bonchev–Trinajstić information content (AvgIpc) is 3.06. The Hall–Kier alpha value is -0.210. The van der Waals surface area contributed by atoms with Crippen LogP contribution in [0.3, 0.4) is 0 Å². The number of aliphatic hydroxyl groups excluding tert-OH is 1. The van der Waals surface area contributed by atoms with Crippen LogP contribution in [0.4, 0.5) is 0 Å². The van der Waals surface area contributed by atoms with Gasteiger partial charge in [0.05, 0.1) is 17.8 Å². The van der Waals surface area contributed by atoms with Crippen molar-refractivity contribution in [1.29, 1.82) is 0 Å². The SMILES string of the molecule is CC(C)CCCC(C)C1CCC2C3CC(O)C4(O)CC(OS(=O)(=O)O)CCC4(C)C3CCC12C. The summed E-state index contributed by atoms with van der Waals surface area (Å²) in [5.74, 6) is 3.50. The predicted octanol–water partition coefficient (Wildman–Crippen LogP) is 5.38. The smallest absolute Gasteiger partial charge is 0.390 e. The van der Waals surface area contributed by atoms with E-state index >= 15 is 0 Å². The maximum atomic E-state index is 11.8. The first-order valence-corrected chi connectivity index (χ1v) is 15.1. The second kappa shape index (κ2) is 9.27. The van der Waals surface area contributed by atoms with Crippen LogP contribution in [0.25, 0.3) is 0 Å². The summed E-state index contributed by atoms with van der Waals surface area (Å²) in [6.07, 6.45) is 8.60. The van der Waals surface area contributed by atoms with Crippen molar-refractivity contribution in [3.05, 3.63) is 0 Å². The maximum Gasteiger partial charge on any atom is 0.397 e. The highest BCUT2D eigenvalue weighted by Gasteiger charge is 2.67. The molecule has 0 radical (unpaired) electrons. The van der Waals surface area contributed by atoms with Crippen molar-refractivity contribution >= 4 is 10.4 Å². The third kappa shape index (κ3) is 4.51. The Morgan fingerprint density at radius 1 is 1.00 bits per heavy atom. The first-order chi connectivity index (χ1) is 15.7. The van der Waals surface area contributed by atoms with Crippen LogP contribution >= 0.6 is 0 Å². The van der Waals surface area contributed by atoms with E-state index in [1.54, 1.807) is 0 Å². The van der Waals surface area contributed by atoms with Gasteiger partial charge in [-0.3, -0.25) is 4.55 Å². The van der Waals surface area contributed by atoms with E-state index in [0.29, 0.717) is 42.4 Å². The standard InChI is InChI=1S/C27H48O6S/c1-17(2)7-6-8-18(3)21-9-10-22-20-15-24(28)27(29)16-19(33-34(30,31)32)11-14-26(27,5)23(20)12-13-25(21,22)4/h17-24,28-29H,6-16H2,1-5H3,(H,30,31,32). The summed E-state index contributed by atoms with van der Waals surface area (Å²) in [7, 11) is -4.59. The molecule has 4 aliphatic rings. The van der Waals surface area contributed by atoms with Gasteiger partial charge in [0.15, 0.2) is 0 Å². The zero-order chi connectivity index (χ0) is 25.1. The second-order valence-corrected chi connectivity index (χ2v) is 14.4. The molecule has 10 unspecified atom stereocenters. The molecule has 6 nitrogen and oxygen atoms in total. The molecule has 0 aromatic carbocycles. The molecule has 7 heteroatoms. The predicted molar refractivity (Wildman–Crippen MR) is 132 cm³/mol. The summed E-state index contributed by atoms with van der Waals surface area (Å²) >= 11 is 0. The minimum Gasteiger partial charge on any atom is -0.390 e. The van der Waals surface area contributed by atoms with E-state index in [-0.39, 0.29) is 6.42 Å². The molecular weight excluding hydrogens is 452 g/mol. The molecule has 34 heavy (non-hydrogen) atoms. The molecule has 0 bridgehead atoms. The van der Waals surface area contributed by atoms with E-state index in [4.69, 9.17) is 8.74 Å². The van der Waals surface area contributed by atoms with Gasteiger partial charge in [-0.25, -0.2) is 4.18 Å². The lowest BCUT2D eigenvalue weighted by atomic mass is 9.42. The zero-order valence-corrected chi connectivity index (χ0v) is 22.7. The lowest BCUT2D eigenvalue weighted by Crippen LogP contribution is -2.68. The third-order valence-electron chi connectivity index (χ3n) is 11.3. The highest BCUT2D eigenvalue weighted by atomic mass is 32.3. The molecule has 4 rings (SSSR count). The third-order valence-corrected chi connectivity index (χ3v) is 11.8. The summed E-state index contributed by atoms with van der Waals surface area (Å²) in [4.78, 5) is 0. The van der Waals surface area contributed by atoms with Gasteiger partial charge < -0.3 is 10.2 Å². The van der Waals surface area contributed by atoms with Gasteiger partial charge in [-0.2, -0.15) is 8.42 Å². The fraction of sp³-hybridized carbons (Fsp3) is 1.00. The lowest BCUT2D eigenvalue weighted by Gasteiger charge is -2.65. The number of aliphatic hydroxyl groups is 2. The van der Waals surface area contributed by atoms with Gasteiger partial charge in [0.25, 0.3) is 0 Å². The first-order valence-electron chi connectivity index (χ1n) is 13.8. The van der Waals surface area contributed by atoms with E-state index in [9.17, 15) is 18.6 Å². The zero-order valence-electron chi connectivity index (χ0n) is 21.9. The highest BCUT2D eigenvalue weighted by molar-refractivity contribution is 7.80. The summed E-state index contributed by atoms with van der Waals surface area (Å²) in [6.45, 7) is 11.7. The van der Waals surface area contributed by atoms with Crippen LogP contribution in [-0.4, -0.2) is 41.0 Å². The second-order valence-electron chi connectivity index (χ2n) is 13.4. The van der Waals surface area contributed by atoms with Gasteiger partial charge in [-0.05, 0) is 85.9 Å². The fourth-order valence-electron chi connectivity index (χ4n) is 9.52.